The second kappa shape index (κ2) is 4.82. The number of hydrogen-bond donors (Lipinski definition) is 1. The summed E-state index contributed by atoms with van der Waals surface area (Å²) in [6.45, 7) is 7.26. The molecular formula is C20H32O2. The molecule has 0 spiro atoms. The molecule has 0 saturated heterocycles. The number of hydrogen-bond acceptors (Lipinski definition) is 2. The number of carbonyl (C=O) groups is 1. The molecule has 8 atom stereocenters. The average molecular weight is 304 g/mol. The zero-order valence-corrected chi connectivity index (χ0v) is 14.5. The maximum atomic E-state index is 12.0. The summed E-state index contributed by atoms with van der Waals surface area (Å²) in [6.07, 6.45) is 8.71. The monoisotopic (exact) mass is 304 g/mol. The molecule has 2 heteroatoms. The molecule has 0 radical (unpaired) electrons. The highest BCUT2D eigenvalue weighted by molar-refractivity contribution is 5.79. The Morgan fingerprint density at radius 1 is 1.00 bits per heavy atom. The van der Waals surface area contributed by atoms with Gasteiger partial charge in [-0.1, -0.05) is 20.8 Å². The third-order valence-corrected chi connectivity index (χ3v) is 8.80. The second-order valence-electron chi connectivity index (χ2n) is 9.58. The number of aliphatic hydroxyl groups excluding tert-OH is 1. The number of aliphatic hydroxyl groups is 1. The standard InChI is InChI=1S/C20H32O2/c1-12-10-14-15-4-5-18(22)20(15,3)9-7-16(14)19(2)8-6-13(21)11-17(12)19/h12,14-18,22H,4-11H2,1-3H3/t12?,14-,15-,16-,17?,18?,19+,20-/m0/s1. The van der Waals surface area contributed by atoms with Gasteiger partial charge < -0.3 is 5.11 Å². The molecule has 4 aliphatic rings. The molecule has 4 fully saturated rings. The van der Waals surface area contributed by atoms with Gasteiger partial charge in [0.1, 0.15) is 5.78 Å². The summed E-state index contributed by atoms with van der Waals surface area (Å²) in [5.74, 6) is 4.11. The summed E-state index contributed by atoms with van der Waals surface area (Å²) in [7, 11) is 0. The molecule has 22 heavy (non-hydrogen) atoms. The smallest absolute Gasteiger partial charge is 0.133 e. The van der Waals surface area contributed by atoms with Crippen LogP contribution in [0.1, 0.15) is 72.1 Å². The van der Waals surface area contributed by atoms with E-state index >= 15 is 0 Å². The van der Waals surface area contributed by atoms with Crippen LogP contribution in [0.3, 0.4) is 0 Å². The molecule has 0 aromatic carbocycles. The van der Waals surface area contributed by atoms with Gasteiger partial charge >= 0.3 is 0 Å². The summed E-state index contributed by atoms with van der Waals surface area (Å²) in [6, 6.07) is 0. The molecular weight excluding hydrogens is 272 g/mol. The van der Waals surface area contributed by atoms with Gasteiger partial charge in [-0.3, -0.25) is 4.79 Å². The zero-order chi connectivity index (χ0) is 15.7. The maximum Gasteiger partial charge on any atom is 0.133 e. The highest BCUT2D eigenvalue weighted by Crippen LogP contribution is 2.66. The van der Waals surface area contributed by atoms with Crippen LogP contribution in [0.5, 0.6) is 0 Å². The van der Waals surface area contributed by atoms with Crippen molar-refractivity contribution in [2.75, 3.05) is 0 Å². The lowest BCUT2D eigenvalue weighted by atomic mass is 9.43. The van der Waals surface area contributed by atoms with E-state index in [9.17, 15) is 9.90 Å². The van der Waals surface area contributed by atoms with Crippen LogP contribution in [-0.2, 0) is 4.79 Å². The first kappa shape index (κ1) is 15.2. The van der Waals surface area contributed by atoms with Crippen LogP contribution in [-0.4, -0.2) is 17.0 Å². The molecule has 0 amide bonds. The lowest BCUT2D eigenvalue weighted by Crippen LogP contribution is -2.56. The SMILES string of the molecule is CC1C[C@@H]2[C@H](CC[C@]3(C)C(O)CC[C@@H]23)[C@@]2(C)CCC(=O)CC12. The molecule has 4 aliphatic carbocycles. The predicted octanol–water partition coefficient (Wildman–Crippen LogP) is 4.21. The highest BCUT2D eigenvalue weighted by atomic mass is 16.3. The molecule has 4 saturated carbocycles. The molecule has 3 unspecified atom stereocenters. The highest BCUT2D eigenvalue weighted by Gasteiger charge is 2.61. The summed E-state index contributed by atoms with van der Waals surface area (Å²) in [4.78, 5) is 12.0. The van der Waals surface area contributed by atoms with E-state index in [1.54, 1.807) is 0 Å². The van der Waals surface area contributed by atoms with Gasteiger partial charge in [0.2, 0.25) is 0 Å². The Morgan fingerprint density at radius 2 is 1.73 bits per heavy atom. The van der Waals surface area contributed by atoms with E-state index in [-0.39, 0.29) is 11.5 Å². The van der Waals surface area contributed by atoms with Gasteiger partial charge in [-0.2, -0.15) is 0 Å². The minimum atomic E-state index is -0.0766. The minimum absolute atomic E-state index is 0.0766. The molecule has 2 nitrogen and oxygen atoms in total. The van der Waals surface area contributed by atoms with Crippen molar-refractivity contribution in [1.29, 1.82) is 0 Å². The van der Waals surface area contributed by atoms with Crippen molar-refractivity contribution in [3.63, 3.8) is 0 Å². The van der Waals surface area contributed by atoms with Crippen LogP contribution < -0.4 is 0 Å². The van der Waals surface area contributed by atoms with Crippen molar-refractivity contribution in [3.05, 3.63) is 0 Å². The minimum Gasteiger partial charge on any atom is -0.393 e. The number of carbonyl (C=O) groups excluding carboxylic acids is 1. The first-order chi connectivity index (χ1) is 10.4. The quantitative estimate of drug-likeness (QED) is 0.728. The topological polar surface area (TPSA) is 37.3 Å². The first-order valence-corrected chi connectivity index (χ1v) is 9.56. The third-order valence-electron chi connectivity index (χ3n) is 8.80. The lowest BCUT2D eigenvalue weighted by molar-refractivity contribution is -0.152. The van der Waals surface area contributed by atoms with E-state index in [1.807, 2.05) is 0 Å². The molecule has 4 rings (SSSR count). The normalized spacial score (nSPS) is 57.9. The second-order valence-corrected chi connectivity index (χ2v) is 9.58. The Kier molecular flexibility index (Phi) is 3.32. The van der Waals surface area contributed by atoms with Crippen molar-refractivity contribution in [2.24, 2.45) is 40.4 Å². The van der Waals surface area contributed by atoms with E-state index < -0.39 is 0 Å². The first-order valence-electron chi connectivity index (χ1n) is 9.56. The fourth-order valence-electron chi connectivity index (χ4n) is 7.49. The number of ketones is 1. The zero-order valence-electron chi connectivity index (χ0n) is 14.5. The van der Waals surface area contributed by atoms with Crippen molar-refractivity contribution in [3.8, 4) is 0 Å². The van der Waals surface area contributed by atoms with Gasteiger partial charge in [0.25, 0.3) is 0 Å². The average Bonchev–Trinajstić information content (AvgIpc) is 2.77. The van der Waals surface area contributed by atoms with Crippen molar-refractivity contribution >= 4 is 5.78 Å². The Hall–Kier alpha value is -0.370. The van der Waals surface area contributed by atoms with Crippen LogP contribution in [0.2, 0.25) is 0 Å². The number of Topliss-reactive ketones (excluding diaryl/α,β-unsaturated/α-hetero) is 1. The maximum absolute atomic E-state index is 12.0. The van der Waals surface area contributed by atoms with Crippen LogP contribution >= 0.6 is 0 Å². The molecule has 0 aromatic heterocycles. The van der Waals surface area contributed by atoms with Crippen molar-refractivity contribution < 1.29 is 9.90 Å². The molecule has 1 N–H and O–H groups in total. The Morgan fingerprint density at radius 3 is 2.50 bits per heavy atom. The fourth-order valence-corrected chi connectivity index (χ4v) is 7.49. The van der Waals surface area contributed by atoms with Gasteiger partial charge in [-0.25, -0.2) is 0 Å². The van der Waals surface area contributed by atoms with Crippen LogP contribution in [0.25, 0.3) is 0 Å². The molecule has 0 aromatic rings. The van der Waals surface area contributed by atoms with Crippen LogP contribution in [0, 0.1) is 40.4 Å². The van der Waals surface area contributed by atoms with E-state index in [0.717, 1.165) is 43.4 Å². The predicted molar refractivity (Wildman–Crippen MR) is 87.3 cm³/mol. The Labute approximate surface area is 135 Å². The molecule has 0 bridgehead atoms. The van der Waals surface area contributed by atoms with Crippen molar-refractivity contribution in [1.82, 2.24) is 0 Å². The van der Waals surface area contributed by atoms with Gasteiger partial charge in [0.15, 0.2) is 0 Å². The van der Waals surface area contributed by atoms with Crippen LogP contribution in [0.4, 0.5) is 0 Å². The largest absolute Gasteiger partial charge is 0.393 e. The molecule has 0 heterocycles. The van der Waals surface area contributed by atoms with Gasteiger partial charge in [0.05, 0.1) is 6.10 Å². The van der Waals surface area contributed by atoms with Crippen molar-refractivity contribution in [2.45, 2.75) is 78.2 Å². The number of rotatable bonds is 0. The van der Waals surface area contributed by atoms with Crippen LogP contribution in [0.15, 0.2) is 0 Å². The summed E-state index contributed by atoms with van der Waals surface area (Å²) in [5.41, 5.74) is 0.555. The molecule has 124 valence electrons. The van der Waals surface area contributed by atoms with E-state index in [0.29, 0.717) is 23.0 Å². The Balaban J connectivity index is 1.68. The van der Waals surface area contributed by atoms with E-state index in [4.69, 9.17) is 0 Å². The summed E-state index contributed by atoms with van der Waals surface area (Å²) < 4.78 is 0. The summed E-state index contributed by atoms with van der Waals surface area (Å²) >= 11 is 0. The lowest BCUT2D eigenvalue weighted by Gasteiger charge is -2.61. The fraction of sp³-hybridized carbons (Fsp3) is 0.950. The van der Waals surface area contributed by atoms with E-state index in [1.165, 1.54) is 25.7 Å². The third kappa shape index (κ3) is 1.85. The van der Waals surface area contributed by atoms with E-state index in [2.05, 4.69) is 20.8 Å². The number of fused-ring (bicyclic) bond motifs is 5. The summed E-state index contributed by atoms with van der Waals surface area (Å²) in [5, 5.41) is 10.5. The van der Waals surface area contributed by atoms with Gasteiger partial charge in [-0.05, 0) is 78.9 Å². The Bertz CT molecular complexity index is 486. The van der Waals surface area contributed by atoms with Gasteiger partial charge in [-0.15, -0.1) is 0 Å². The van der Waals surface area contributed by atoms with Gasteiger partial charge in [0, 0.05) is 12.8 Å². The molecule has 0 aliphatic heterocycles.